The standard InChI is InChI=1S/C22H26N4O3S/c1-16-18-21(24-15-26(22(18)28)14-17-6-3-2-4-7-17)30-19(16)20(27)23-8-5-9-25-10-12-29-13-11-25/h2-4,6-7,15H,5,8-14H2,1H3,(H,23,27). The average molecular weight is 427 g/mol. The number of ether oxygens (including phenoxy) is 1. The number of thiophene rings is 1. The molecule has 4 rings (SSSR count). The molecule has 1 saturated heterocycles. The van der Waals surface area contributed by atoms with Gasteiger partial charge in [0.05, 0.1) is 36.3 Å². The van der Waals surface area contributed by atoms with Crippen molar-refractivity contribution in [3.05, 3.63) is 63.0 Å². The molecule has 158 valence electrons. The number of carbonyl (C=O) groups excluding carboxylic acids is 1. The Kier molecular flexibility index (Phi) is 6.56. The first-order valence-electron chi connectivity index (χ1n) is 10.2. The van der Waals surface area contributed by atoms with Crippen molar-refractivity contribution in [3.63, 3.8) is 0 Å². The van der Waals surface area contributed by atoms with E-state index in [2.05, 4.69) is 15.2 Å². The molecule has 1 amide bonds. The van der Waals surface area contributed by atoms with Crippen molar-refractivity contribution in [2.24, 2.45) is 0 Å². The van der Waals surface area contributed by atoms with Gasteiger partial charge in [-0.05, 0) is 31.0 Å². The fraction of sp³-hybridized carbons (Fsp3) is 0.409. The number of morpholine rings is 1. The van der Waals surface area contributed by atoms with Crippen LogP contribution in [0.4, 0.5) is 0 Å². The van der Waals surface area contributed by atoms with Gasteiger partial charge in [-0.25, -0.2) is 4.98 Å². The van der Waals surface area contributed by atoms with E-state index in [-0.39, 0.29) is 11.5 Å². The number of benzene rings is 1. The summed E-state index contributed by atoms with van der Waals surface area (Å²) in [7, 11) is 0. The summed E-state index contributed by atoms with van der Waals surface area (Å²) in [6.07, 6.45) is 2.45. The van der Waals surface area contributed by atoms with E-state index in [1.807, 2.05) is 37.3 Å². The molecule has 0 radical (unpaired) electrons. The van der Waals surface area contributed by atoms with Crippen LogP contribution in [0.1, 0.15) is 27.2 Å². The van der Waals surface area contributed by atoms with Crippen molar-refractivity contribution in [3.8, 4) is 0 Å². The molecule has 0 saturated carbocycles. The molecular weight excluding hydrogens is 400 g/mol. The van der Waals surface area contributed by atoms with E-state index < -0.39 is 0 Å². The minimum atomic E-state index is -0.133. The van der Waals surface area contributed by atoms with Crippen LogP contribution in [0.15, 0.2) is 41.5 Å². The predicted molar refractivity (Wildman–Crippen MR) is 118 cm³/mol. The second kappa shape index (κ2) is 9.51. The summed E-state index contributed by atoms with van der Waals surface area (Å²) in [6, 6.07) is 9.80. The van der Waals surface area contributed by atoms with Crippen LogP contribution in [-0.2, 0) is 11.3 Å². The summed E-state index contributed by atoms with van der Waals surface area (Å²) in [5.41, 5.74) is 1.64. The van der Waals surface area contributed by atoms with Crippen LogP contribution in [0.5, 0.6) is 0 Å². The van der Waals surface area contributed by atoms with Gasteiger partial charge in [0.15, 0.2) is 0 Å². The van der Waals surface area contributed by atoms with Gasteiger partial charge in [-0.1, -0.05) is 30.3 Å². The third-order valence-electron chi connectivity index (χ3n) is 5.36. The molecule has 7 nitrogen and oxygen atoms in total. The Hall–Kier alpha value is -2.55. The summed E-state index contributed by atoms with van der Waals surface area (Å²) < 4.78 is 6.95. The topological polar surface area (TPSA) is 76.5 Å². The Balaban J connectivity index is 1.44. The molecule has 0 unspecified atom stereocenters. The van der Waals surface area contributed by atoms with E-state index in [1.165, 1.54) is 11.3 Å². The molecule has 0 bridgehead atoms. The second-order valence-electron chi connectivity index (χ2n) is 7.46. The number of aryl methyl sites for hydroxylation is 1. The lowest BCUT2D eigenvalue weighted by atomic mass is 10.2. The number of nitrogens with zero attached hydrogens (tertiary/aromatic N) is 3. The number of fused-ring (bicyclic) bond motifs is 1. The molecule has 3 aromatic rings. The molecule has 3 heterocycles. The average Bonchev–Trinajstić information content (AvgIpc) is 3.12. The Bertz CT molecular complexity index is 1070. The minimum Gasteiger partial charge on any atom is -0.379 e. The van der Waals surface area contributed by atoms with Gasteiger partial charge < -0.3 is 10.1 Å². The van der Waals surface area contributed by atoms with Gasteiger partial charge >= 0.3 is 0 Å². The zero-order valence-electron chi connectivity index (χ0n) is 17.1. The number of hydrogen-bond acceptors (Lipinski definition) is 6. The van der Waals surface area contributed by atoms with E-state index >= 15 is 0 Å². The quantitative estimate of drug-likeness (QED) is 0.587. The van der Waals surface area contributed by atoms with Crippen molar-refractivity contribution >= 4 is 27.5 Å². The van der Waals surface area contributed by atoms with Crippen LogP contribution in [0, 0.1) is 6.92 Å². The van der Waals surface area contributed by atoms with Crippen molar-refractivity contribution < 1.29 is 9.53 Å². The van der Waals surface area contributed by atoms with Gasteiger partial charge in [-0.15, -0.1) is 11.3 Å². The molecule has 1 aromatic carbocycles. The monoisotopic (exact) mass is 426 g/mol. The molecule has 30 heavy (non-hydrogen) atoms. The summed E-state index contributed by atoms with van der Waals surface area (Å²) in [5.74, 6) is -0.133. The maximum absolute atomic E-state index is 13.0. The maximum atomic E-state index is 13.0. The molecule has 0 atom stereocenters. The highest BCUT2D eigenvalue weighted by Gasteiger charge is 2.19. The smallest absolute Gasteiger partial charge is 0.262 e. The third-order valence-corrected chi connectivity index (χ3v) is 6.56. The first kappa shape index (κ1) is 20.7. The van der Waals surface area contributed by atoms with Gasteiger partial charge in [0.1, 0.15) is 4.83 Å². The first-order valence-corrected chi connectivity index (χ1v) is 11.1. The lowest BCUT2D eigenvalue weighted by Gasteiger charge is -2.26. The molecule has 1 aliphatic rings. The number of aromatic nitrogens is 2. The molecule has 1 fully saturated rings. The van der Waals surface area contributed by atoms with E-state index in [0.717, 1.165) is 44.8 Å². The molecule has 0 spiro atoms. The fourth-order valence-corrected chi connectivity index (χ4v) is 4.73. The molecule has 2 aromatic heterocycles. The summed E-state index contributed by atoms with van der Waals surface area (Å²) in [5, 5.41) is 3.53. The maximum Gasteiger partial charge on any atom is 0.262 e. The zero-order chi connectivity index (χ0) is 20.9. The summed E-state index contributed by atoms with van der Waals surface area (Å²) in [6.45, 7) is 7.30. The van der Waals surface area contributed by atoms with E-state index in [1.54, 1.807) is 10.9 Å². The van der Waals surface area contributed by atoms with E-state index in [9.17, 15) is 9.59 Å². The summed E-state index contributed by atoms with van der Waals surface area (Å²) >= 11 is 1.28. The van der Waals surface area contributed by atoms with Crippen LogP contribution in [0.25, 0.3) is 10.2 Å². The molecule has 0 aliphatic carbocycles. The number of carbonyl (C=O) groups is 1. The van der Waals surface area contributed by atoms with Crippen LogP contribution in [0.3, 0.4) is 0 Å². The lowest BCUT2D eigenvalue weighted by molar-refractivity contribution is 0.0374. The van der Waals surface area contributed by atoms with Gasteiger partial charge in [0, 0.05) is 19.6 Å². The van der Waals surface area contributed by atoms with Crippen LogP contribution < -0.4 is 10.9 Å². The van der Waals surface area contributed by atoms with Gasteiger partial charge in [-0.3, -0.25) is 19.1 Å². The van der Waals surface area contributed by atoms with Crippen LogP contribution in [-0.4, -0.2) is 59.8 Å². The van der Waals surface area contributed by atoms with E-state index in [0.29, 0.717) is 33.7 Å². The van der Waals surface area contributed by atoms with Gasteiger partial charge in [0.25, 0.3) is 11.5 Å². The number of amides is 1. The first-order chi connectivity index (χ1) is 14.6. The van der Waals surface area contributed by atoms with Crippen molar-refractivity contribution in [1.29, 1.82) is 0 Å². The molecular formula is C22H26N4O3S. The Morgan fingerprint density at radius 3 is 2.77 bits per heavy atom. The fourth-order valence-electron chi connectivity index (χ4n) is 3.68. The van der Waals surface area contributed by atoms with Crippen LogP contribution >= 0.6 is 11.3 Å². The predicted octanol–water partition coefficient (Wildman–Crippen LogP) is 2.27. The van der Waals surface area contributed by atoms with E-state index in [4.69, 9.17) is 4.74 Å². The highest BCUT2D eigenvalue weighted by Crippen LogP contribution is 2.26. The van der Waals surface area contributed by atoms with Gasteiger partial charge in [-0.2, -0.15) is 0 Å². The Morgan fingerprint density at radius 1 is 1.23 bits per heavy atom. The number of hydrogen-bond donors (Lipinski definition) is 1. The Morgan fingerprint density at radius 2 is 2.00 bits per heavy atom. The number of nitrogens with one attached hydrogen (secondary N) is 1. The Labute approximate surface area is 179 Å². The summed E-state index contributed by atoms with van der Waals surface area (Å²) in [4.78, 5) is 33.7. The van der Waals surface area contributed by atoms with Crippen LogP contribution in [0.2, 0.25) is 0 Å². The molecule has 8 heteroatoms. The second-order valence-corrected chi connectivity index (χ2v) is 8.46. The number of rotatable bonds is 7. The highest BCUT2D eigenvalue weighted by molar-refractivity contribution is 7.20. The molecule has 1 N–H and O–H groups in total. The van der Waals surface area contributed by atoms with Gasteiger partial charge in [0.2, 0.25) is 0 Å². The zero-order valence-corrected chi connectivity index (χ0v) is 17.9. The molecule has 1 aliphatic heterocycles. The third kappa shape index (κ3) is 4.61. The highest BCUT2D eigenvalue weighted by atomic mass is 32.1. The SMILES string of the molecule is Cc1c(C(=O)NCCCN2CCOCC2)sc2ncn(Cc3ccccc3)c(=O)c12. The van der Waals surface area contributed by atoms with Crippen molar-refractivity contribution in [2.75, 3.05) is 39.4 Å². The van der Waals surface area contributed by atoms with Crippen molar-refractivity contribution in [1.82, 2.24) is 19.8 Å². The lowest BCUT2D eigenvalue weighted by Crippen LogP contribution is -2.38. The normalized spacial score (nSPS) is 14.8. The largest absolute Gasteiger partial charge is 0.379 e. The van der Waals surface area contributed by atoms with Crippen molar-refractivity contribution in [2.45, 2.75) is 19.9 Å². The minimum absolute atomic E-state index is 0.107.